The van der Waals surface area contributed by atoms with Crippen molar-refractivity contribution in [1.82, 2.24) is 14.9 Å². The van der Waals surface area contributed by atoms with Crippen LogP contribution in [0.1, 0.15) is 51.3 Å². The summed E-state index contributed by atoms with van der Waals surface area (Å²) in [5.74, 6) is 0.801. The van der Waals surface area contributed by atoms with Crippen molar-refractivity contribution in [3.05, 3.63) is 17.5 Å². The van der Waals surface area contributed by atoms with Crippen molar-refractivity contribution in [2.45, 2.75) is 52.9 Å². The molecule has 0 saturated carbocycles. The zero-order chi connectivity index (χ0) is 20.1. The second-order valence-corrected chi connectivity index (χ2v) is 7.61. The van der Waals surface area contributed by atoms with Gasteiger partial charge in [-0.25, -0.2) is 9.97 Å². The van der Waals surface area contributed by atoms with Crippen LogP contribution in [-0.2, 0) is 27.2 Å². The molecule has 1 saturated heterocycles. The predicted molar refractivity (Wildman–Crippen MR) is 107 cm³/mol. The summed E-state index contributed by atoms with van der Waals surface area (Å²) in [7, 11) is 0. The van der Waals surface area contributed by atoms with Gasteiger partial charge in [-0.05, 0) is 58.4 Å². The minimum absolute atomic E-state index is 0.00505. The molecule has 1 aromatic rings. The molecule has 154 valence electrons. The van der Waals surface area contributed by atoms with Gasteiger partial charge in [0.1, 0.15) is 0 Å². The van der Waals surface area contributed by atoms with Gasteiger partial charge in [0.2, 0.25) is 11.9 Å². The Kier molecular flexibility index (Phi) is 6.86. The summed E-state index contributed by atoms with van der Waals surface area (Å²) in [5, 5.41) is 0. The number of nitrogens with zero attached hydrogens (tertiary/aromatic N) is 4. The molecule has 7 nitrogen and oxygen atoms in total. The van der Waals surface area contributed by atoms with E-state index in [1.807, 2.05) is 18.0 Å². The number of amides is 1. The highest BCUT2D eigenvalue weighted by Gasteiger charge is 2.33. The molecule has 1 amide bonds. The van der Waals surface area contributed by atoms with E-state index in [1.165, 1.54) is 0 Å². The number of aromatic nitrogens is 2. The van der Waals surface area contributed by atoms with Crippen LogP contribution < -0.4 is 4.90 Å². The first-order chi connectivity index (χ1) is 13.6. The second-order valence-electron chi connectivity index (χ2n) is 7.61. The van der Waals surface area contributed by atoms with Crippen LogP contribution in [-0.4, -0.2) is 59.5 Å². The van der Waals surface area contributed by atoms with Gasteiger partial charge >= 0.3 is 5.97 Å². The van der Waals surface area contributed by atoms with Crippen LogP contribution in [0.25, 0.3) is 0 Å². The molecule has 3 rings (SSSR count). The van der Waals surface area contributed by atoms with Crippen molar-refractivity contribution in [1.29, 1.82) is 0 Å². The molecule has 1 unspecified atom stereocenters. The summed E-state index contributed by atoms with van der Waals surface area (Å²) in [4.78, 5) is 38.2. The summed E-state index contributed by atoms with van der Waals surface area (Å²) in [6.07, 6.45) is 5.67. The fraction of sp³-hybridized carbons (Fsp3) is 0.714. The third-order valence-corrected chi connectivity index (χ3v) is 5.96. The maximum absolute atomic E-state index is 13.0. The van der Waals surface area contributed by atoms with Crippen molar-refractivity contribution in [3.63, 3.8) is 0 Å². The fourth-order valence-corrected chi connectivity index (χ4v) is 4.22. The normalized spacial score (nSPS) is 19.8. The number of hydrogen-bond donors (Lipinski definition) is 0. The van der Waals surface area contributed by atoms with Crippen molar-refractivity contribution in [3.8, 4) is 0 Å². The van der Waals surface area contributed by atoms with Gasteiger partial charge in [-0.1, -0.05) is 0 Å². The van der Waals surface area contributed by atoms with Crippen molar-refractivity contribution >= 4 is 17.8 Å². The molecule has 0 radical (unpaired) electrons. The quantitative estimate of drug-likeness (QED) is 0.696. The number of piperidine rings is 1. The molecular formula is C21H32N4O3. The third-order valence-electron chi connectivity index (χ3n) is 5.96. The van der Waals surface area contributed by atoms with Gasteiger partial charge in [-0.2, -0.15) is 0 Å². The lowest BCUT2D eigenvalue weighted by Crippen LogP contribution is -2.44. The molecule has 0 N–H and O–H groups in total. The first kappa shape index (κ1) is 20.6. The maximum Gasteiger partial charge on any atom is 0.309 e. The van der Waals surface area contributed by atoms with Crippen LogP contribution in [0.4, 0.5) is 5.95 Å². The average Bonchev–Trinajstić information content (AvgIpc) is 2.74. The van der Waals surface area contributed by atoms with Crippen LogP contribution in [0.2, 0.25) is 0 Å². The highest BCUT2D eigenvalue weighted by molar-refractivity contribution is 5.80. The van der Waals surface area contributed by atoms with Crippen LogP contribution in [0, 0.1) is 11.8 Å². The average molecular weight is 389 g/mol. The number of esters is 1. The summed E-state index contributed by atoms with van der Waals surface area (Å²) < 4.78 is 5.12. The van der Waals surface area contributed by atoms with Crippen molar-refractivity contribution in [2.75, 3.05) is 37.7 Å². The Bertz CT molecular complexity index is 697. The van der Waals surface area contributed by atoms with E-state index in [-0.39, 0.29) is 23.7 Å². The predicted octanol–water partition coefficient (Wildman–Crippen LogP) is 2.23. The first-order valence-corrected chi connectivity index (χ1v) is 10.6. The van der Waals surface area contributed by atoms with Crippen molar-refractivity contribution < 1.29 is 14.3 Å². The number of aryl methyl sites for hydroxylation is 1. The van der Waals surface area contributed by atoms with E-state index < -0.39 is 0 Å². The molecule has 28 heavy (non-hydrogen) atoms. The Labute approximate surface area is 167 Å². The highest BCUT2D eigenvalue weighted by atomic mass is 16.5. The van der Waals surface area contributed by atoms with E-state index in [9.17, 15) is 9.59 Å². The molecule has 1 aliphatic heterocycles. The topological polar surface area (TPSA) is 75.6 Å². The summed E-state index contributed by atoms with van der Waals surface area (Å²) >= 11 is 0. The molecule has 7 heteroatoms. The fourth-order valence-electron chi connectivity index (χ4n) is 4.22. The molecular weight excluding hydrogens is 356 g/mol. The molecule has 2 heterocycles. The molecule has 1 aromatic heterocycles. The number of hydrogen-bond acceptors (Lipinski definition) is 6. The minimum atomic E-state index is -0.123. The van der Waals surface area contributed by atoms with Gasteiger partial charge in [-0.3, -0.25) is 9.59 Å². The van der Waals surface area contributed by atoms with E-state index in [4.69, 9.17) is 9.72 Å². The Hall–Kier alpha value is -2.18. The number of carbonyl (C=O) groups excluding carboxylic acids is 2. The van der Waals surface area contributed by atoms with Gasteiger partial charge in [0.25, 0.3) is 0 Å². The summed E-state index contributed by atoms with van der Waals surface area (Å²) in [6, 6.07) is 0. The molecule has 1 fully saturated rings. The van der Waals surface area contributed by atoms with E-state index in [0.29, 0.717) is 39.0 Å². The zero-order valence-electron chi connectivity index (χ0n) is 17.3. The lowest BCUT2D eigenvalue weighted by atomic mass is 9.85. The molecule has 1 atom stereocenters. The number of likely N-dealkylation sites (tertiary alicyclic amines) is 1. The van der Waals surface area contributed by atoms with Gasteiger partial charge < -0.3 is 14.5 Å². The molecule has 0 aromatic carbocycles. The Morgan fingerprint density at radius 1 is 1.14 bits per heavy atom. The summed E-state index contributed by atoms with van der Waals surface area (Å²) in [5.41, 5.74) is 2.18. The second kappa shape index (κ2) is 9.34. The largest absolute Gasteiger partial charge is 0.466 e. The maximum atomic E-state index is 13.0. The van der Waals surface area contributed by atoms with Crippen LogP contribution in [0.15, 0.2) is 6.20 Å². The Morgan fingerprint density at radius 2 is 1.86 bits per heavy atom. The van der Waals surface area contributed by atoms with Crippen LogP contribution in [0.3, 0.4) is 0 Å². The zero-order valence-corrected chi connectivity index (χ0v) is 17.3. The summed E-state index contributed by atoms with van der Waals surface area (Å²) in [6.45, 7) is 9.50. The number of fused-ring (bicyclic) bond motifs is 1. The smallest absolute Gasteiger partial charge is 0.309 e. The van der Waals surface area contributed by atoms with Gasteiger partial charge in [0, 0.05) is 44.0 Å². The Balaban J connectivity index is 1.58. The third kappa shape index (κ3) is 4.45. The van der Waals surface area contributed by atoms with Gasteiger partial charge in [0.15, 0.2) is 0 Å². The Morgan fingerprint density at radius 3 is 2.50 bits per heavy atom. The van der Waals surface area contributed by atoms with Crippen LogP contribution >= 0.6 is 0 Å². The van der Waals surface area contributed by atoms with E-state index >= 15 is 0 Å². The van der Waals surface area contributed by atoms with Gasteiger partial charge in [-0.15, -0.1) is 0 Å². The standard InChI is InChI=1S/C21H32N4O3/c1-4-24(5-2)21-22-14-17-13-16(7-8-18(17)23-21)19(26)25-11-9-15(10-12-25)20(27)28-6-3/h14-16H,4-13H2,1-3H3. The van der Waals surface area contributed by atoms with E-state index in [1.54, 1.807) is 0 Å². The monoisotopic (exact) mass is 388 g/mol. The molecule has 0 spiro atoms. The van der Waals surface area contributed by atoms with Crippen LogP contribution in [0.5, 0.6) is 0 Å². The minimum Gasteiger partial charge on any atom is -0.466 e. The first-order valence-electron chi connectivity index (χ1n) is 10.6. The molecule has 1 aliphatic carbocycles. The SMILES string of the molecule is CCOC(=O)C1CCN(C(=O)C2CCc3nc(N(CC)CC)ncc3C2)CC1. The number of carbonyl (C=O) groups is 2. The lowest BCUT2D eigenvalue weighted by molar-refractivity contribution is -0.151. The van der Waals surface area contributed by atoms with Gasteiger partial charge in [0.05, 0.1) is 12.5 Å². The van der Waals surface area contributed by atoms with Crippen molar-refractivity contribution in [2.24, 2.45) is 11.8 Å². The highest BCUT2D eigenvalue weighted by Crippen LogP contribution is 2.28. The van der Waals surface area contributed by atoms with E-state index in [0.717, 1.165) is 43.1 Å². The number of ether oxygens (including phenoxy) is 1. The number of anilines is 1. The lowest BCUT2D eigenvalue weighted by Gasteiger charge is -2.34. The van der Waals surface area contributed by atoms with E-state index in [2.05, 4.69) is 23.7 Å². The molecule has 2 aliphatic rings. The number of rotatable bonds is 6. The molecule has 0 bridgehead atoms.